The Bertz CT molecular complexity index is 837. The highest BCUT2D eigenvalue weighted by atomic mass is 16.7. The predicted molar refractivity (Wildman–Crippen MR) is 126 cm³/mol. The molecule has 0 bridgehead atoms. The van der Waals surface area contributed by atoms with Crippen molar-refractivity contribution in [1.29, 1.82) is 0 Å². The smallest absolute Gasteiger partial charge is 0.217 e. The lowest BCUT2D eigenvalue weighted by Crippen LogP contribution is -2.66. The first-order chi connectivity index (χ1) is 18.8. The number of aliphatic hydroxyl groups is 9. The molecule has 18 nitrogen and oxygen atoms in total. The second-order valence-corrected chi connectivity index (χ2v) is 9.48. The van der Waals surface area contributed by atoms with Gasteiger partial charge in [-0.15, -0.1) is 0 Å². The van der Waals surface area contributed by atoms with Crippen LogP contribution in [0.15, 0.2) is 0 Å². The fourth-order valence-electron chi connectivity index (χ4n) is 4.31. The molecule has 14 atom stereocenters. The van der Waals surface area contributed by atoms with Gasteiger partial charge in [0.05, 0.1) is 19.8 Å². The second kappa shape index (κ2) is 15.4. The van der Waals surface area contributed by atoms with Gasteiger partial charge in [0.1, 0.15) is 73.1 Å². The quantitative estimate of drug-likeness (QED) is 0.0893. The number of aliphatic hydroxyl groups excluding tert-OH is 9. The monoisotopic (exact) mass is 586 g/mol. The summed E-state index contributed by atoms with van der Waals surface area (Å²) in [5, 5.41) is 95.9. The highest BCUT2D eigenvalue weighted by Gasteiger charge is 2.49. The normalized spacial score (nSPS) is 37.6. The fourth-order valence-corrected chi connectivity index (χ4v) is 4.31. The number of hydrogen-bond acceptors (Lipinski definition) is 16. The Morgan fingerprint density at radius 2 is 1.27 bits per heavy atom. The molecule has 2 rings (SSSR count). The molecule has 0 aliphatic carbocycles. The van der Waals surface area contributed by atoms with Crippen molar-refractivity contribution < 1.29 is 79.3 Å². The molecule has 2 aliphatic rings. The number of rotatable bonds is 13. The molecule has 2 heterocycles. The molecule has 0 spiro atoms. The molecule has 0 unspecified atom stereocenters. The molecule has 2 fully saturated rings. The van der Waals surface area contributed by atoms with Crippen LogP contribution in [0.2, 0.25) is 0 Å². The van der Waals surface area contributed by atoms with Gasteiger partial charge in [-0.3, -0.25) is 9.59 Å². The van der Waals surface area contributed by atoms with Crippen LogP contribution in [0.4, 0.5) is 0 Å². The highest BCUT2D eigenvalue weighted by molar-refractivity contribution is 5.73. The van der Waals surface area contributed by atoms with Gasteiger partial charge in [-0.25, -0.2) is 0 Å². The Labute approximate surface area is 228 Å². The first kappa shape index (κ1) is 34.3. The fraction of sp³-hybridized carbons (Fsp3) is 0.864. The molecule has 18 heteroatoms. The summed E-state index contributed by atoms with van der Waals surface area (Å²) in [5.41, 5.74) is 0. The van der Waals surface area contributed by atoms with Crippen molar-refractivity contribution in [2.24, 2.45) is 0 Å². The van der Waals surface area contributed by atoms with Crippen LogP contribution in [0.3, 0.4) is 0 Å². The second-order valence-electron chi connectivity index (χ2n) is 9.48. The van der Waals surface area contributed by atoms with Crippen LogP contribution in [-0.2, 0) is 33.3 Å². The first-order valence-corrected chi connectivity index (χ1v) is 12.3. The Morgan fingerprint density at radius 1 is 0.825 bits per heavy atom. The molecule has 232 valence electrons. The molecule has 0 radical (unpaired) electrons. The zero-order valence-corrected chi connectivity index (χ0v) is 21.7. The van der Waals surface area contributed by atoms with Gasteiger partial charge in [0, 0.05) is 13.8 Å². The average Bonchev–Trinajstić information content (AvgIpc) is 2.91. The van der Waals surface area contributed by atoms with Crippen molar-refractivity contribution in [1.82, 2.24) is 10.6 Å². The molecule has 0 aromatic rings. The molecule has 0 saturated carbocycles. The minimum absolute atomic E-state index is 0.0485. The van der Waals surface area contributed by atoms with E-state index in [1.54, 1.807) is 0 Å². The topological polar surface area (TPSA) is 294 Å². The lowest BCUT2D eigenvalue weighted by molar-refractivity contribution is -0.303. The van der Waals surface area contributed by atoms with Crippen LogP contribution in [-0.4, -0.2) is 170 Å². The van der Waals surface area contributed by atoms with Crippen LogP contribution in [0, 0.1) is 0 Å². The summed E-state index contributed by atoms with van der Waals surface area (Å²) in [5.74, 6) is -1.35. The Kier molecular flexibility index (Phi) is 13.2. The molecule has 0 aromatic carbocycles. The maximum absolute atomic E-state index is 11.6. The molecule has 2 saturated heterocycles. The number of aldehydes is 1. The number of ether oxygens (including phenoxy) is 4. The minimum Gasteiger partial charge on any atom is -0.394 e. The van der Waals surface area contributed by atoms with Crippen molar-refractivity contribution in [3.63, 3.8) is 0 Å². The lowest BCUT2D eigenvalue weighted by Gasteiger charge is -2.44. The van der Waals surface area contributed by atoms with E-state index in [2.05, 4.69) is 10.6 Å². The van der Waals surface area contributed by atoms with Gasteiger partial charge in [0.25, 0.3) is 0 Å². The van der Waals surface area contributed by atoms with Crippen molar-refractivity contribution >= 4 is 18.1 Å². The van der Waals surface area contributed by atoms with Crippen LogP contribution in [0.1, 0.15) is 13.8 Å². The lowest BCUT2D eigenvalue weighted by atomic mass is 9.96. The van der Waals surface area contributed by atoms with Gasteiger partial charge in [0.15, 0.2) is 18.9 Å². The summed E-state index contributed by atoms with van der Waals surface area (Å²) in [6.45, 7) is -0.217. The Balaban J connectivity index is 2.20. The number of carbonyl (C=O) groups excluding carboxylic acids is 3. The summed E-state index contributed by atoms with van der Waals surface area (Å²) in [4.78, 5) is 34.6. The number of hydrogen-bond donors (Lipinski definition) is 11. The molecule has 11 N–H and O–H groups in total. The van der Waals surface area contributed by atoms with Crippen molar-refractivity contribution in [3.05, 3.63) is 0 Å². The number of amides is 2. The van der Waals surface area contributed by atoms with Crippen molar-refractivity contribution in [2.45, 2.75) is 99.6 Å². The van der Waals surface area contributed by atoms with Gasteiger partial charge in [0.2, 0.25) is 11.8 Å². The largest absolute Gasteiger partial charge is 0.394 e. The molecule has 0 aromatic heterocycles. The van der Waals surface area contributed by atoms with E-state index < -0.39 is 117 Å². The summed E-state index contributed by atoms with van der Waals surface area (Å²) in [7, 11) is 0. The minimum atomic E-state index is -2.13. The molecular formula is C22H38N2O16. The van der Waals surface area contributed by atoms with E-state index in [0.29, 0.717) is 0 Å². The van der Waals surface area contributed by atoms with Gasteiger partial charge >= 0.3 is 0 Å². The SMILES string of the molecule is CC(=O)N[C@H]1[C@H](OC[C@@H](O)[C@H](O)[C@H](O[C@@H]2O[C@H](CO)[C@@H](O)[C@H](O)[C@H]2NC(C)=O)[C@@H](O)C=O)O[C@H](CO)[C@@H](O)[C@@H]1O. The third-order valence-electron chi connectivity index (χ3n) is 6.43. The van der Waals surface area contributed by atoms with Gasteiger partial charge in [-0.05, 0) is 0 Å². The summed E-state index contributed by atoms with van der Waals surface area (Å²) >= 11 is 0. The third kappa shape index (κ3) is 8.32. The first-order valence-electron chi connectivity index (χ1n) is 12.3. The zero-order chi connectivity index (χ0) is 30.3. The number of carbonyl (C=O) groups is 3. The van der Waals surface area contributed by atoms with Crippen molar-refractivity contribution in [2.75, 3.05) is 19.8 Å². The van der Waals surface area contributed by atoms with Gasteiger partial charge in [-0.2, -0.15) is 0 Å². The summed E-state index contributed by atoms with van der Waals surface area (Å²) in [6, 6.07) is -2.88. The Hall–Kier alpha value is -1.91. The maximum Gasteiger partial charge on any atom is 0.217 e. The molecule has 40 heavy (non-hydrogen) atoms. The third-order valence-corrected chi connectivity index (χ3v) is 6.43. The van der Waals surface area contributed by atoms with E-state index in [1.807, 2.05) is 0 Å². The van der Waals surface area contributed by atoms with E-state index in [9.17, 15) is 60.3 Å². The van der Waals surface area contributed by atoms with E-state index in [0.717, 1.165) is 13.8 Å². The molecule has 2 amide bonds. The predicted octanol–water partition coefficient (Wildman–Crippen LogP) is -7.44. The Morgan fingerprint density at radius 3 is 1.70 bits per heavy atom. The van der Waals surface area contributed by atoms with E-state index in [-0.39, 0.29) is 6.29 Å². The molecular weight excluding hydrogens is 548 g/mol. The van der Waals surface area contributed by atoms with Crippen LogP contribution in [0.5, 0.6) is 0 Å². The zero-order valence-electron chi connectivity index (χ0n) is 21.7. The van der Waals surface area contributed by atoms with E-state index in [1.165, 1.54) is 0 Å². The summed E-state index contributed by atoms with van der Waals surface area (Å²) in [6.07, 6.45) is -21.0. The highest BCUT2D eigenvalue weighted by Crippen LogP contribution is 2.26. The average molecular weight is 587 g/mol. The van der Waals surface area contributed by atoms with Gasteiger partial charge < -0.3 is 80.3 Å². The van der Waals surface area contributed by atoms with Crippen LogP contribution in [0.25, 0.3) is 0 Å². The van der Waals surface area contributed by atoms with Crippen LogP contribution >= 0.6 is 0 Å². The summed E-state index contributed by atoms with van der Waals surface area (Å²) < 4.78 is 21.5. The van der Waals surface area contributed by atoms with Crippen molar-refractivity contribution in [3.8, 4) is 0 Å². The molecule has 2 aliphatic heterocycles. The maximum atomic E-state index is 11.6. The van der Waals surface area contributed by atoms with Gasteiger partial charge in [-0.1, -0.05) is 0 Å². The van der Waals surface area contributed by atoms with E-state index in [4.69, 9.17) is 18.9 Å². The standard InChI is InChI=1S/C22H38N2O16/c1-7(28)23-13-18(35)16(33)11(4-26)38-21(13)37-6-10(31)15(32)20(9(30)3-25)40-22-14(24-8(2)29)19(36)17(34)12(5-27)39-22/h3,9-22,26-27,30-36H,4-6H2,1-2H3,(H,23,28)(H,24,29)/t9-,10+,11+,12+,13+,14+,15-,16+,17+,18+,19+,20+,21+,22-/m0/s1. The van der Waals surface area contributed by atoms with E-state index >= 15 is 0 Å². The number of nitrogens with one attached hydrogen (secondary N) is 2. The van der Waals surface area contributed by atoms with Crippen LogP contribution < -0.4 is 10.6 Å².